The second-order valence-corrected chi connectivity index (χ2v) is 9.64. The number of rotatable bonds is 10. The van der Waals surface area contributed by atoms with Crippen molar-refractivity contribution in [2.24, 2.45) is 0 Å². The Morgan fingerprint density at radius 2 is 1.23 bits per heavy atom. The summed E-state index contributed by atoms with van der Waals surface area (Å²) < 4.78 is 19.8. The molecular weight excluding hydrogens is 566 g/mol. The first kappa shape index (κ1) is 29.3. The molecule has 0 aliphatic heterocycles. The number of para-hydroxylation sites is 1. The molecule has 6 heteroatoms. The van der Waals surface area contributed by atoms with Gasteiger partial charge in [-0.15, -0.1) is 0 Å². The number of ether oxygens (including phenoxy) is 3. The number of aliphatic hydroxyl groups excluding tert-OH is 1. The zero-order chi connectivity index (χ0) is 27.2. The topological polar surface area (TPSA) is 51.8 Å². The Balaban J connectivity index is 0.00000370. The average Bonchev–Trinajstić information content (AvgIpc) is 3.00. The second kappa shape index (κ2) is 13.1. The minimum atomic E-state index is -0.971. The van der Waals surface area contributed by atoms with E-state index in [0.29, 0.717) is 6.54 Å². The van der Waals surface area contributed by atoms with Gasteiger partial charge in [0.2, 0.25) is 5.52 Å². The van der Waals surface area contributed by atoms with Crippen LogP contribution in [-0.2, 0) is 16.9 Å². The fourth-order valence-corrected chi connectivity index (χ4v) is 5.16. The Labute approximate surface area is 246 Å². The fourth-order valence-electron chi connectivity index (χ4n) is 5.16. The summed E-state index contributed by atoms with van der Waals surface area (Å²) in [5, 5.41) is 12.5. The van der Waals surface area contributed by atoms with Gasteiger partial charge in [-0.25, -0.2) is 0 Å². The van der Waals surface area contributed by atoms with E-state index in [1.165, 1.54) is 10.9 Å². The molecule has 40 heavy (non-hydrogen) atoms. The van der Waals surface area contributed by atoms with Gasteiger partial charge in [-0.3, -0.25) is 0 Å². The maximum absolute atomic E-state index is 11.3. The van der Waals surface area contributed by atoms with E-state index >= 15 is 0 Å². The van der Waals surface area contributed by atoms with Crippen LogP contribution in [0.25, 0.3) is 10.9 Å². The first-order chi connectivity index (χ1) is 19.0. The summed E-state index contributed by atoms with van der Waals surface area (Å²) in [6.07, 6.45) is 1.28. The highest BCUT2D eigenvalue weighted by molar-refractivity contribution is 5.78. The normalized spacial score (nSPS) is 12.0. The Morgan fingerprint density at radius 3 is 1.80 bits per heavy atom. The SMILES string of the molecule is COc1ccc(C(OC[C@H](O)C[n+]2ccc(C)c3ccccc32)(c2ccccc2)c2ccc(OC)cc2)cc1.[Br-]. The van der Waals surface area contributed by atoms with Crippen molar-refractivity contribution < 1.29 is 40.9 Å². The first-order valence-corrected chi connectivity index (χ1v) is 13.1. The molecule has 0 bridgehead atoms. The summed E-state index contributed by atoms with van der Waals surface area (Å²) in [6, 6.07) is 36.3. The second-order valence-electron chi connectivity index (χ2n) is 9.64. The Hall–Kier alpha value is -3.71. The van der Waals surface area contributed by atoms with E-state index in [9.17, 15) is 5.11 Å². The van der Waals surface area contributed by atoms with Crippen LogP contribution >= 0.6 is 0 Å². The smallest absolute Gasteiger partial charge is 0.212 e. The van der Waals surface area contributed by atoms with Gasteiger partial charge in [0.05, 0.1) is 20.8 Å². The van der Waals surface area contributed by atoms with Gasteiger partial charge in [0.15, 0.2) is 12.7 Å². The molecule has 0 fully saturated rings. The highest BCUT2D eigenvalue weighted by Gasteiger charge is 2.38. The molecule has 1 aromatic heterocycles. The highest BCUT2D eigenvalue weighted by atomic mass is 79.9. The lowest BCUT2D eigenvalue weighted by Gasteiger charge is -2.36. The predicted molar refractivity (Wildman–Crippen MR) is 153 cm³/mol. The summed E-state index contributed by atoms with van der Waals surface area (Å²) in [7, 11) is 3.31. The third kappa shape index (κ3) is 5.89. The molecule has 0 unspecified atom stereocenters. The van der Waals surface area contributed by atoms with Crippen LogP contribution in [0.2, 0.25) is 0 Å². The van der Waals surface area contributed by atoms with Crippen LogP contribution in [0.5, 0.6) is 11.5 Å². The number of fused-ring (bicyclic) bond motifs is 1. The van der Waals surface area contributed by atoms with Gasteiger partial charge >= 0.3 is 0 Å². The molecule has 0 saturated carbocycles. The molecule has 1 N–H and O–H groups in total. The number of aromatic nitrogens is 1. The fraction of sp³-hybridized carbons (Fsp3) is 0.206. The molecule has 0 radical (unpaired) electrons. The molecule has 0 saturated heterocycles. The van der Waals surface area contributed by atoms with Crippen molar-refractivity contribution in [1.82, 2.24) is 0 Å². The Bertz CT molecular complexity index is 1470. The lowest BCUT2D eigenvalue weighted by Crippen LogP contribution is -3.00. The van der Waals surface area contributed by atoms with E-state index in [4.69, 9.17) is 14.2 Å². The molecule has 0 spiro atoms. The van der Waals surface area contributed by atoms with Crippen molar-refractivity contribution >= 4 is 10.9 Å². The molecule has 5 aromatic rings. The largest absolute Gasteiger partial charge is 1.00 e. The van der Waals surface area contributed by atoms with Gasteiger partial charge in [-0.05, 0) is 59.5 Å². The third-order valence-electron chi connectivity index (χ3n) is 7.22. The van der Waals surface area contributed by atoms with Crippen molar-refractivity contribution in [2.45, 2.75) is 25.2 Å². The Kier molecular flexibility index (Phi) is 9.58. The minimum Gasteiger partial charge on any atom is -1.00 e. The summed E-state index contributed by atoms with van der Waals surface area (Å²) in [5.41, 5.74) is 4.13. The van der Waals surface area contributed by atoms with Crippen LogP contribution < -0.4 is 31.0 Å². The van der Waals surface area contributed by atoms with E-state index in [0.717, 1.165) is 33.7 Å². The van der Waals surface area contributed by atoms with E-state index in [2.05, 4.69) is 41.8 Å². The van der Waals surface area contributed by atoms with E-state index in [1.807, 2.05) is 85.1 Å². The van der Waals surface area contributed by atoms with Gasteiger partial charge in [0, 0.05) is 17.5 Å². The van der Waals surface area contributed by atoms with Crippen LogP contribution in [-0.4, -0.2) is 32.0 Å². The number of pyridine rings is 1. The van der Waals surface area contributed by atoms with Crippen LogP contribution in [0, 0.1) is 6.92 Å². The zero-order valence-corrected chi connectivity index (χ0v) is 24.5. The number of hydrogen-bond acceptors (Lipinski definition) is 4. The van der Waals surface area contributed by atoms with Gasteiger partial charge in [0.1, 0.15) is 23.2 Å². The number of benzene rings is 4. The maximum atomic E-state index is 11.3. The lowest BCUT2D eigenvalue weighted by atomic mass is 9.80. The number of methoxy groups -OCH3 is 2. The van der Waals surface area contributed by atoms with Crippen molar-refractivity contribution in [3.8, 4) is 11.5 Å². The lowest BCUT2D eigenvalue weighted by molar-refractivity contribution is -0.679. The quantitative estimate of drug-likeness (QED) is 0.198. The minimum absolute atomic E-state index is 0. The van der Waals surface area contributed by atoms with Crippen molar-refractivity contribution in [2.75, 3.05) is 20.8 Å². The summed E-state index contributed by atoms with van der Waals surface area (Å²) >= 11 is 0. The molecule has 4 aromatic carbocycles. The third-order valence-corrected chi connectivity index (χ3v) is 7.22. The number of aryl methyl sites for hydroxylation is 1. The summed E-state index contributed by atoms with van der Waals surface area (Å²) in [5.74, 6) is 1.52. The predicted octanol–water partition coefficient (Wildman–Crippen LogP) is 2.83. The van der Waals surface area contributed by atoms with Gasteiger partial charge in [0.25, 0.3) is 0 Å². The standard InChI is InChI=1S/C34H34NO4.BrH/c1-25-21-22-35(33-12-8-7-11-32(25)33)23-29(36)24-39-34(26-9-5-4-6-10-26,27-13-17-30(37-2)18-14-27)28-15-19-31(38-3)20-16-28;/h4-22,29,36H,23-24H2,1-3H3;1H/q+1;/p-1/t29-;/m1./s1. The van der Waals surface area contributed by atoms with Gasteiger partial charge in [-0.2, -0.15) is 4.57 Å². The van der Waals surface area contributed by atoms with E-state index in [-0.39, 0.29) is 23.6 Å². The molecule has 0 aliphatic rings. The first-order valence-electron chi connectivity index (χ1n) is 13.1. The average molecular weight is 601 g/mol. The molecule has 0 aliphatic carbocycles. The number of halogens is 1. The van der Waals surface area contributed by atoms with Crippen LogP contribution in [0.1, 0.15) is 22.3 Å². The van der Waals surface area contributed by atoms with Crippen molar-refractivity contribution in [1.29, 1.82) is 0 Å². The number of aliphatic hydroxyl groups is 1. The molecular formula is C34H34BrNO4. The van der Waals surface area contributed by atoms with Crippen LogP contribution in [0.3, 0.4) is 0 Å². The van der Waals surface area contributed by atoms with Crippen LogP contribution in [0.4, 0.5) is 0 Å². The van der Waals surface area contributed by atoms with Gasteiger partial charge < -0.3 is 36.3 Å². The van der Waals surface area contributed by atoms with Gasteiger partial charge in [-0.1, -0.05) is 66.7 Å². The van der Waals surface area contributed by atoms with E-state index in [1.54, 1.807) is 14.2 Å². The maximum Gasteiger partial charge on any atom is 0.212 e. The highest BCUT2D eigenvalue weighted by Crippen LogP contribution is 2.41. The molecule has 1 atom stereocenters. The van der Waals surface area contributed by atoms with E-state index < -0.39 is 11.7 Å². The molecule has 206 valence electrons. The van der Waals surface area contributed by atoms with Crippen molar-refractivity contribution in [3.63, 3.8) is 0 Å². The summed E-state index contributed by atoms with van der Waals surface area (Å²) in [6.45, 7) is 2.61. The molecule has 0 amide bonds. The molecule has 1 heterocycles. The van der Waals surface area contributed by atoms with Crippen LogP contribution in [0.15, 0.2) is 115 Å². The monoisotopic (exact) mass is 599 g/mol. The number of nitrogens with zero attached hydrogens (tertiary/aromatic N) is 1. The zero-order valence-electron chi connectivity index (χ0n) is 23.0. The van der Waals surface area contributed by atoms with Crippen molar-refractivity contribution in [3.05, 3.63) is 138 Å². The number of hydrogen-bond donors (Lipinski definition) is 1. The molecule has 5 nitrogen and oxygen atoms in total. The summed E-state index contributed by atoms with van der Waals surface area (Å²) in [4.78, 5) is 0. The Morgan fingerprint density at radius 1 is 0.700 bits per heavy atom. The molecule has 5 rings (SSSR count).